The predicted molar refractivity (Wildman–Crippen MR) is 138 cm³/mol. The first-order valence-corrected chi connectivity index (χ1v) is 12.3. The lowest BCUT2D eigenvalue weighted by Gasteiger charge is -2.22. The van der Waals surface area contributed by atoms with Crippen molar-refractivity contribution < 1.29 is 23.8 Å². The number of anilines is 1. The van der Waals surface area contributed by atoms with Gasteiger partial charge in [0.05, 0.1) is 5.57 Å². The number of amides is 1. The number of Topliss-reactive ketones (excluding diaryl/α,β-unsaturated/α-hetero) is 1. The highest BCUT2D eigenvalue weighted by atomic mass is 32.1. The maximum Gasteiger partial charge on any atom is 0.301 e. The first-order valence-electron chi connectivity index (χ1n) is 11.5. The van der Waals surface area contributed by atoms with Gasteiger partial charge in [0.2, 0.25) is 5.13 Å². The fourth-order valence-corrected chi connectivity index (χ4v) is 4.95. The molecule has 1 saturated heterocycles. The van der Waals surface area contributed by atoms with Crippen LogP contribution in [0.25, 0.3) is 5.76 Å². The Bertz CT molecular complexity index is 1530. The van der Waals surface area contributed by atoms with Gasteiger partial charge in [-0.2, -0.15) is 0 Å². The number of carbonyl (C=O) groups excluding carboxylic acids is 2. The van der Waals surface area contributed by atoms with Crippen LogP contribution in [0.3, 0.4) is 0 Å². The van der Waals surface area contributed by atoms with Gasteiger partial charge in [0.15, 0.2) is 0 Å². The van der Waals surface area contributed by atoms with E-state index in [9.17, 15) is 19.1 Å². The highest BCUT2D eigenvalue weighted by Crippen LogP contribution is 2.43. The molecule has 7 nitrogen and oxygen atoms in total. The van der Waals surface area contributed by atoms with Gasteiger partial charge in [-0.3, -0.25) is 14.5 Å². The van der Waals surface area contributed by atoms with Crippen LogP contribution in [0.2, 0.25) is 0 Å². The number of hydrogen-bond acceptors (Lipinski definition) is 7. The summed E-state index contributed by atoms with van der Waals surface area (Å²) >= 11 is 1.10. The third kappa shape index (κ3) is 4.73. The quantitative estimate of drug-likeness (QED) is 0.207. The third-order valence-electron chi connectivity index (χ3n) is 5.98. The molecule has 37 heavy (non-hydrogen) atoms. The largest absolute Gasteiger partial charge is 0.507 e. The maximum absolute atomic E-state index is 14.9. The minimum Gasteiger partial charge on any atom is -0.507 e. The van der Waals surface area contributed by atoms with E-state index in [0.29, 0.717) is 17.4 Å². The Morgan fingerprint density at radius 1 is 1.03 bits per heavy atom. The van der Waals surface area contributed by atoms with Gasteiger partial charge in [-0.1, -0.05) is 59.4 Å². The van der Waals surface area contributed by atoms with E-state index in [1.54, 1.807) is 37.3 Å². The molecule has 1 aliphatic heterocycles. The van der Waals surface area contributed by atoms with Gasteiger partial charge in [0.25, 0.3) is 5.78 Å². The van der Waals surface area contributed by atoms with E-state index in [-0.39, 0.29) is 21.8 Å². The Morgan fingerprint density at radius 2 is 1.78 bits per heavy atom. The molecule has 2 heterocycles. The van der Waals surface area contributed by atoms with Crippen molar-refractivity contribution in [2.24, 2.45) is 0 Å². The molecule has 1 aromatic heterocycles. The second-order valence-electron chi connectivity index (χ2n) is 8.60. The van der Waals surface area contributed by atoms with E-state index in [2.05, 4.69) is 10.2 Å². The average Bonchev–Trinajstić information content (AvgIpc) is 3.43. The summed E-state index contributed by atoms with van der Waals surface area (Å²) in [6.07, 6.45) is 0. The molecule has 5 rings (SSSR count). The van der Waals surface area contributed by atoms with Crippen molar-refractivity contribution in [1.29, 1.82) is 0 Å². The van der Waals surface area contributed by atoms with Crippen LogP contribution in [0.15, 0.2) is 78.4 Å². The van der Waals surface area contributed by atoms with E-state index in [0.717, 1.165) is 27.4 Å². The zero-order valence-corrected chi connectivity index (χ0v) is 20.8. The van der Waals surface area contributed by atoms with Gasteiger partial charge < -0.3 is 9.84 Å². The Labute approximate surface area is 216 Å². The summed E-state index contributed by atoms with van der Waals surface area (Å²) in [5.74, 6) is -2.32. The highest BCUT2D eigenvalue weighted by molar-refractivity contribution is 7.15. The molecule has 0 bridgehead atoms. The van der Waals surface area contributed by atoms with Gasteiger partial charge in [-0.25, -0.2) is 4.39 Å². The Kier molecular flexibility index (Phi) is 6.54. The number of ether oxygens (including phenoxy) is 1. The summed E-state index contributed by atoms with van der Waals surface area (Å²) in [5.41, 5.74) is 2.27. The van der Waals surface area contributed by atoms with Crippen molar-refractivity contribution in [3.8, 4) is 5.75 Å². The fourth-order valence-electron chi connectivity index (χ4n) is 4.24. The molecule has 1 N–H and O–H groups in total. The number of aromatic nitrogens is 2. The minimum atomic E-state index is -1.20. The number of aliphatic hydroxyl groups is 1. The third-order valence-corrected chi connectivity index (χ3v) is 6.82. The zero-order chi connectivity index (χ0) is 26.1. The molecule has 1 fully saturated rings. The minimum absolute atomic E-state index is 0.0641. The molecule has 1 atom stereocenters. The number of halogens is 1. The molecule has 186 valence electrons. The molecule has 0 unspecified atom stereocenters. The summed E-state index contributed by atoms with van der Waals surface area (Å²) in [4.78, 5) is 27.3. The van der Waals surface area contributed by atoms with E-state index in [1.165, 1.54) is 18.2 Å². The van der Waals surface area contributed by atoms with Crippen molar-refractivity contribution in [1.82, 2.24) is 10.2 Å². The monoisotopic (exact) mass is 515 g/mol. The summed E-state index contributed by atoms with van der Waals surface area (Å²) in [5, 5.41) is 19.9. The van der Waals surface area contributed by atoms with E-state index in [1.807, 2.05) is 31.2 Å². The first kappa shape index (κ1) is 24.3. The Morgan fingerprint density at radius 3 is 2.46 bits per heavy atom. The fraction of sp³-hybridized carbons (Fsp3) is 0.143. The van der Waals surface area contributed by atoms with Gasteiger partial charge in [-0.05, 0) is 49.7 Å². The van der Waals surface area contributed by atoms with E-state index >= 15 is 0 Å². The van der Waals surface area contributed by atoms with Crippen LogP contribution < -0.4 is 9.64 Å². The molecule has 9 heteroatoms. The van der Waals surface area contributed by atoms with Crippen molar-refractivity contribution >= 4 is 33.9 Å². The normalized spacial score (nSPS) is 16.8. The molecular formula is C28H22FN3O4S. The summed E-state index contributed by atoms with van der Waals surface area (Å²) in [7, 11) is 0. The summed E-state index contributed by atoms with van der Waals surface area (Å²) in [6.45, 7) is 4.08. The van der Waals surface area contributed by atoms with Crippen LogP contribution in [-0.4, -0.2) is 27.0 Å². The lowest BCUT2D eigenvalue weighted by atomic mass is 9.95. The number of rotatable bonds is 6. The highest BCUT2D eigenvalue weighted by Gasteiger charge is 2.49. The standard InChI is InChI=1S/C28H22FN3O4S/c1-16-6-5-7-18(14-16)15-36-20-12-10-19(11-13-20)25(33)23-24(21-8-3-4-9-22(21)29)32(27(35)26(23)34)28-31-30-17(2)37-28/h3-14,24,33H,15H2,1-2H3/t24-/m0/s1. The second kappa shape index (κ2) is 9.94. The number of carbonyl (C=O) groups is 2. The molecule has 0 radical (unpaired) electrons. The SMILES string of the molecule is Cc1cccc(COc2ccc(C(O)=C3C(=O)C(=O)N(c4nnc(C)s4)[C@H]3c3ccccc3F)cc2)c1. The molecule has 0 saturated carbocycles. The molecule has 1 amide bonds. The van der Waals surface area contributed by atoms with E-state index < -0.39 is 29.3 Å². The van der Waals surface area contributed by atoms with Crippen molar-refractivity contribution in [2.75, 3.05) is 4.90 Å². The number of hydrogen-bond donors (Lipinski definition) is 1. The van der Waals surface area contributed by atoms with Crippen molar-refractivity contribution in [2.45, 2.75) is 26.5 Å². The molecule has 0 spiro atoms. The molecule has 1 aliphatic rings. The number of aryl methyl sites for hydroxylation is 2. The lowest BCUT2D eigenvalue weighted by Crippen LogP contribution is -2.29. The molecular weight excluding hydrogens is 493 g/mol. The molecule has 0 aliphatic carbocycles. The van der Waals surface area contributed by atoms with Crippen LogP contribution in [0.5, 0.6) is 5.75 Å². The Hall–Kier alpha value is -4.37. The van der Waals surface area contributed by atoms with Crippen LogP contribution in [0.1, 0.15) is 33.3 Å². The van der Waals surface area contributed by atoms with Gasteiger partial charge >= 0.3 is 5.91 Å². The summed E-state index contributed by atoms with van der Waals surface area (Å²) in [6, 6.07) is 19.1. The smallest absolute Gasteiger partial charge is 0.301 e. The van der Waals surface area contributed by atoms with Crippen LogP contribution in [0, 0.1) is 19.7 Å². The topological polar surface area (TPSA) is 92.6 Å². The molecule has 4 aromatic rings. The first-order chi connectivity index (χ1) is 17.8. The Balaban J connectivity index is 1.51. The number of benzene rings is 3. The van der Waals surface area contributed by atoms with Gasteiger partial charge in [0, 0.05) is 11.1 Å². The number of ketones is 1. The van der Waals surface area contributed by atoms with Gasteiger partial charge in [0.1, 0.15) is 35.0 Å². The van der Waals surface area contributed by atoms with Crippen molar-refractivity contribution in [3.05, 3.63) is 111 Å². The van der Waals surface area contributed by atoms with E-state index in [4.69, 9.17) is 4.74 Å². The maximum atomic E-state index is 14.9. The lowest BCUT2D eigenvalue weighted by molar-refractivity contribution is -0.132. The molecule has 3 aromatic carbocycles. The van der Waals surface area contributed by atoms with Crippen LogP contribution in [0.4, 0.5) is 9.52 Å². The zero-order valence-electron chi connectivity index (χ0n) is 20.0. The van der Waals surface area contributed by atoms with Gasteiger partial charge in [-0.15, -0.1) is 10.2 Å². The van der Waals surface area contributed by atoms with Crippen LogP contribution >= 0.6 is 11.3 Å². The number of nitrogens with zero attached hydrogens (tertiary/aromatic N) is 3. The van der Waals surface area contributed by atoms with Crippen LogP contribution in [-0.2, 0) is 16.2 Å². The predicted octanol–water partition coefficient (Wildman–Crippen LogP) is 5.50. The second-order valence-corrected chi connectivity index (χ2v) is 9.76. The number of aliphatic hydroxyl groups excluding tert-OH is 1. The van der Waals surface area contributed by atoms with Crippen molar-refractivity contribution in [3.63, 3.8) is 0 Å². The summed E-state index contributed by atoms with van der Waals surface area (Å²) < 4.78 is 20.8. The average molecular weight is 516 g/mol.